The average molecular weight is 328 g/mol. The lowest BCUT2D eigenvalue weighted by atomic mass is 10.1. The van der Waals surface area contributed by atoms with Crippen LogP contribution in [0.15, 0.2) is 24.3 Å². The van der Waals surface area contributed by atoms with E-state index < -0.39 is 29.1 Å². The summed E-state index contributed by atoms with van der Waals surface area (Å²) in [6, 6.07) is 6.93. The van der Waals surface area contributed by atoms with Crippen molar-refractivity contribution in [3.8, 4) is 11.3 Å². The Labute approximate surface area is 137 Å². The van der Waals surface area contributed by atoms with E-state index in [0.29, 0.717) is 5.56 Å². The van der Waals surface area contributed by atoms with E-state index in [1.54, 1.807) is 24.3 Å². The van der Waals surface area contributed by atoms with Gasteiger partial charge in [-0.3, -0.25) is 14.4 Å². The minimum Gasteiger partial charge on any atom is -0.378 e. The van der Waals surface area contributed by atoms with Gasteiger partial charge in [0.2, 0.25) is 0 Å². The molecule has 0 atom stereocenters. The van der Waals surface area contributed by atoms with Crippen molar-refractivity contribution in [2.45, 2.75) is 0 Å². The third kappa shape index (κ3) is 3.14. The second-order valence-electron chi connectivity index (χ2n) is 5.15. The lowest BCUT2D eigenvalue weighted by Gasteiger charge is -2.14. The van der Waals surface area contributed by atoms with Crippen molar-refractivity contribution in [1.29, 1.82) is 0 Å². The van der Waals surface area contributed by atoms with Crippen LogP contribution >= 0.6 is 0 Å². The number of carbonyl (C=O) groups is 3. The molecule has 0 saturated carbocycles. The second kappa shape index (κ2) is 6.32. The Hall–Kier alpha value is -3.49. The summed E-state index contributed by atoms with van der Waals surface area (Å²) >= 11 is 0. The van der Waals surface area contributed by atoms with Crippen molar-refractivity contribution >= 4 is 23.4 Å². The standard InChI is InChI=1S/C15H16N6O3/c1-21(2)8-5-3-7(4-6-8)9-10(13(16)22)20-12(15(18)24)11(19-9)14(17)23/h3-6H,1-2H3,(H2,16,22)(H2,17,23)(H2,18,24). The zero-order valence-electron chi connectivity index (χ0n) is 13.1. The Morgan fingerprint density at radius 3 is 1.67 bits per heavy atom. The first-order valence-electron chi connectivity index (χ1n) is 6.81. The van der Waals surface area contributed by atoms with E-state index in [1.807, 2.05) is 19.0 Å². The number of primary amides is 3. The highest BCUT2D eigenvalue weighted by Gasteiger charge is 2.24. The maximum absolute atomic E-state index is 11.7. The Bertz CT molecular complexity index is 830. The molecule has 6 N–H and O–H groups in total. The van der Waals surface area contributed by atoms with Gasteiger partial charge in [0.15, 0.2) is 17.1 Å². The Balaban J connectivity index is 2.71. The van der Waals surface area contributed by atoms with Crippen LogP contribution in [0.2, 0.25) is 0 Å². The molecule has 0 bridgehead atoms. The minimum atomic E-state index is -1.03. The summed E-state index contributed by atoms with van der Waals surface area (Å²) in [7, 11) is 3.74. The fraction of sp³-hybridized carbons (Fsp3) is 0.133. The Morgan fingerprint density at radius 2 is 1.25 bits per heavy atom. The maximum atomic E-state index is 11.7. The quantitative estimate of drug-likeness (QED) is 0.671. The maximum Gasteiger partial charge on any atom is 0.269 e. The number of nitrogens with two attached hydrogens (primary N) is 3. The second-order valence-corrected chi connectivity index (χ2v) is 5.15. The van der Waals surface area contributed by atoms with Crippen molar-refractivity contribution in [1.82, 2.24) is 9.97 Å². The van der Waals surface area contributed by atoms with E-state index in [9.17, 15) is 14.4 Å². The molecule has 1 heterocycles. The smallest absolute Gasteiger partial charge is 0.269 e. The SMILES string of the molecule is CN(C)c1ccc(-c2nc(C(N)=O)c(C(N)=O)nc2C(N)=O)cc1. The van der Waals surface area contributed by atoms with Crippen LogP contribution in [0, 0.1) is 0 Å². The van der Waals surface area contributed by atoms with E-state index in [2.05, 4.69) is 9.97 Å². The summed E-state index contributed by atoms with van der Waals surface area (Å²) in [6.07, 6.45) is 0. The van der Waals surface area contributed by atoms with Crippen molar-refractivity contribution < 1.29 is 14.4 Å². The number of amides is 3. The molecule has 0 aliphatic rings. The summed E-state index contributed by atoms with van der Waals surface area (Å²) in [6.45, 7) is 0. The van der Waals surface area contributed by atoms with Gasteiger partial charge in [-0.1, -0.05) is 12.1 Å². The Kier molecular flexibility index (Phi) is 4.45. The molecule has 0 saturated heterocycles. The monoisotopic (exact) mass is 328 g/mol. The summed E-state index contributed by atoms with van der Waals surface area (Å²) in [5.41, 5.74) is 15.9. The molecule has 24 heavy (non-hydrogen) atoms. The third-order valence-electron chi connectivity index (χ3n) is 3.25. The topological polar surface area (TPSA) is 158 Å². The number of carbonyl (C=O) groups excluding carboxylic acids is 3. The average Bonchev–Trinajstić information content (AvgIpc) is 2.53. The molecule has 124 valence electrons. The fourth-order valence-corrected chi connectivity index (χ4v) is 2.07. The van der Waals surface area contributed by atoms with Gasteiger partial charge in [-0.2, -0.15) is 0 Å². The number of hydrogen-bond donors (Lipinski definition) is 3. The highest BCUT2D eigenvalue weighted by molar-refractivity contribution is 6.06. The Morgan fingerprint density at radius 1 is 0.792 bits per heavy atom. The summed E-state index contributed by atoms with van der Waals surface area (Å²) in [5, 5.41) is 0. The molecule has 1 aromatic heterocycles. The molecule has 1 aromatic carbocycles. The zero-order chi connectivity index (χ0) is 18.0. The van der Waals surface area contributed by atoms with Gasteiger partial charge in [0.05, 0.1) is 0 Å². The number of rotatable bonds is 5. The molecular formula is C15H16N6O3. The van der Waals surface area contributed by atoms with E-state index in [4.69, 9.17) is 17.2 Å². The van der Waals surface area contributed by atoms with Crippen LogP contribution in [0.4, 0.5) is 5.69 Å². The van der Waals surface area contributed by atoms with Gasteiger partial charge in [0, 0.05) is 25.3 Å². The molecule has 3 amide bonds. The lowest BCUT2D eigenvalue weighted by molar-refractivity contribution is 0.0955. The molecule has 2 aromatic rings. The van der Waals surface area contributed by atoms with Crippen molar-refractivity contribution in [2.75, 3.05) is 19.0 Å². The predicted molar refractivity (Wildman–Crippen MR) is 87.3 cm³/mol. The van der Waals surface area contributed by atoms with Crippen molar-refractivity contribution in [3.63, 3.8) is 0 Å². The van der Waals surface area contributed by atoms with Crippen LogP contribution in [0.1, 0.15) is 31.5 Å². The van der Waals surface area contributed by atoms with Gasteiger partial charge < -0.3 is 22.1 Å². The van der Waals surface area contributed by atoms with Crippen LogP contribution in [-0.4, -0.2) is 41.8 Å². The molecule has 0 spiro atoms. The van der Waals surface area contributed by atoms with Gasteiger partial charge in [0.1, 0.15) is 5.69 Å². The third-order valence-corrected chi connectivity index (χ3v) is 3.25. The van der Waals surface area contributed by atoms with Crippen LogP contribution in [0.25, 0.3) is 11.3 Å². The summed E-state index contributed by atoms with van der Waals surface area (Å²) < 4.78 is 0. The highest BCUT2D eigenvalue weighted by atomic mass is 16.2. The van der Waals surface area contributed by atoms with Crippen molar-refractivity contribution in [3.05, 3.63) is 41.3 Å². The molecule has 0 aliphatic carbocycles. The molecule has 9 nitrogen and oxygen atoms in total. The van der Waals surface area contributed by atoms with E-state index in [0.717, 1.165) is 5.69 Å². The number of nitrogens with zero attached hydrogens (tertiary/aromatic N) is 3. The molecule has 9 heteroatoms. The fourth-order valence-electron chi connectivity index (χ4n) is 2.07. The van der Waals surface area contributed by atoms with Gasteiger partial charge in [-0.05, 0) is 12.1 Å². The first-order valence-corrected chi connectivity index (χ1v) is 6.81. The van der Waals surface area contributed by atoms with E-state index in [1.165, 1.54) is 0 Å². The number of benzene rings is 1. The number of anilines is 1. The van der Waals surface area contributed by atoms with Crippen LogP contribution in [0.3, 0.4) is 0 Å². The first kappa shape index (κ1) is 16.9. The van der Waals surface area contributed by atoms with Crippen molar-refractivity contribution in [2.24, 2.45) is 17.2 Å². The van der Waals surface area contributed by atoms with Crippen LogP contribution in [-0.2, 0) is 0 Å². The predicted octanol–water partition coefficient (Wildman–Crippen LogP) is -0.494. The minimum absolute atomic E-state index is 0.0478. The lowest BCUT2D eigenvalue weighted by Crippen LogP contribution is -2.27. The van der Waals surface area contributed by atoms with Gasteiger partial charge >= 0.3 is 0 Å². The zero-order valence-corrected chi connectivity index (χ0v) is 13.1. The molecule has 0 aliphatic heterocycles. The molecular weight excluding hydrogens is 312 g/mol. The molecule has 0 fully saturated rings. The molecule has 0 radical (unpaired) electrons. The van der Waals surface area contributed by atoms with Gasteiger partial charge in [-0.25, -0.2) is 9.97 Å². The highest BCUT2D eigenvalue weighted by Crippen LogP contribution is 2.24. The largest absolute Gasteiger partial charge is 0.378 e. The number of aromatic nitrogens is 2. The van der Waals surface area contributed by atoms with Gasteiger partial charge in [0.25, 0.3) is 17.7 Å². The van der Waals surface area contributed by atoms with E-state index in [-0.39, 0.29) is 11.4 Å². The summed E-state index contributed by atoms with van der Waals surface area (Å²) in [5.74, 6) is -2.93. The molecule has 0 unspecified atom stereocenters. The van der Waals surface area contributed by atoms with Gasteiger partial charge in [-0.15, -0.1) is 0 Å². The normalized spacial score (nSPS) is 10.2. The number of hydrogen-bond acceptors (Lipinski definition) is 6. The van der Waals surface area contributed by atoms with Crippen LogP contribution in [0.5, 0.6) is 0 Å². The van der Waals surface area contributed by atoms with Crippen LogP contribution < -0.4 is 22.1 Å². The molecule has 2 rings (SSSR count). The first-order chi connectivity index (χ1) is 11.2. The summed E-state index contributed by atoms with van der Waals surface area (Å²) in [4.78, 5) is 44.3. The van der Waals surface area contributed by atoms with E-state index >= 15 is 0 Å².